The third-order valence-electron chi connectivity index (χ3n) is 9.03. The quantitative estimate of drug-likeness (QED) is 0.190. The average Bonchev–Trinajstić information content (AvgIpc) is 3.51. The molecule has 0 unspecified atom stereocenters. The number of aromatic hydroxyl groups is 1. The second kappa shape index (κ2) is 12.2. The van der Waals surface area contributed by atoms with Crippen LogP contribution in [0.5, 0.6) is 5.75 Å². The van der Waals surface area contributed by atoms with Gasteiger partial charge < -0.3 is 5.11 Å². The minimum Gasteiger partial charge on any atom is -0.507 e. The van der Waals surface area contributed by atoms with E-state index in [-0.39, 0.29) is 16.6 Å². The summed E-state index contributed by atoms with van der Waals surface area (Å²) < 4.78 is 1.15. The van der Waals surface area contributed by atoms with Crippen molar-refractivity contribution in [1.29, 1.82) is 0 Å². The van der Waals surface area contributed by atoms with Crippen LogP contribution >= 0.6 is 11.3 Å². The summed E-state index contributed by atoms with van der Waals surface area (Å²) in [6.45, 7) is 13.3. The summed E-state index contributed by atoms with van der Waals surface area (Å²) in [4.78, 5) is 10.3. The molecule has 0 saturated heterocycles. The number of fused-ring (bicyclic) bond motifs is 2. The number of nitrogens with zero attached hydrogens (tertiary/aromatic N) is 2. The Morgan fingerprint density at radius 2 is 1.25 bits per heavy atom. The minimum absolute atomic E-state index is 0.0357. The molecule has 1 N–H and O–H groups in total. The highest BCUT2D eigenvalue weighted by atomic mass is 32.1. The number of rotatable bonds is 5. The topological polar surface area (TPSA) is 45.5 Å². The molecule has 0 aliphatic rings. The fourth-order valence-corrected chi connectivity index (χ4v) is 7.28. The Bertz CT molecular complexity index is 2320. The van der Waals surface area contributed by atoms with E-state index < -0.39 is 0 Å². The summed E-state index contributed by atoms with van der Waals surface area (Å²) >= 11 is 1.71. The number of thiazole rings is 1. The van der Waals surface area contributed by atoms with Crippen LogP contribution < -0.4 is 0 Å². The highest BCUT2D eigenvalue weighted by Gasteiger charge is 2.22. The highest BCUT2D eigenvalue weighted by Crippen LogP contribution is 2.44. The van der Waals surface area contributed by atoms with Crippen molar-refractivity contribution in [2.75, 3.05) is 0 Å². The summed E-state index contributed by atoms with van der Waals surface area (Å²) in [5, 5.41) is 14.0. The second-order valence-corrected chi connectivity index (χ2v) is 15.5. The van der Waals surface area contributed by atoms with E-state index >= 15 is 0 Å². The van der Waals surface area contributed by atoms with Crippen LogP contribution in [0.2, 0.25) is 0 Å². The first-order chi connectivity index (χ1) is 23.0. The number of aromatic nitrogens is 1. The molecule has 238 valence electrons. The smallest absolute Gasteiger partial charge is 0.126 e. The fraction of sp³-hybridized carbons (Fsp3) is 0.182. The van der Waals surface area contributed by atoms with Gasteiger partial charge in [0.05, 0.1) is 15.9 Å². The van der Waals surface area contributed by atoms with Crippen LogP contribution in [0.1, 0.15) is 58.2 Å². The van der Waals surface area contributed by atoms with Crippen molar-refractivity contribution in [3.63, 3.8) is 0 Å². The third-order valence-corrected chi connectivity index (χ3v) is 10.1. The molecule has 0 spiro atoms. The maximum atomic E-state index is 10.6. The fourth-order valence-electron chi connectivity index (χ4n) is 6.22. The number of hydrogen-bond acceptors (Lipinski definition) is 4. The number of hydrogen-bond donors (Lipinski definition) is 1. The van der Waals surface area contributed by atoms with Gasteiger partial charge in [0.2, 0.25) is 0 Å². The normalized spacial score (nSPS) is 12.4. The zero-order valence-electron chi connectivity index (χ0n) is 28.4. The first-order valence-electron chi connectivity index (χ1n) is 16.5. The molecule has 4 heteroatoms. The zero-order chi connectivity index (χ0) is 33.6. The molecule has 0 bridgehead atoms. The van der Waals surface area contributed by atoms with Crippen molar-refractivity contribution < 1.29 is 5.11 Å². The van der Waals surface area contributed by atoms with Crippen LogP contribution in [0.25, 0.3) is 53.8 Å². The van der Waals surface area contributed by atoms with Gasteiger partial charge in [-0.05, 0) is 85.8 Å². The Morgan fingerprint density at radius 3 is 1.98 bits per heavy atom. The Labute approximate surface area is 287 Å². The Hall–Kier alpha value is -5.06. The van der Waals surface area contributed by atoms with Crippen LogP contribution in [0, 0.1) is 0 Å². The van der Waals surface area contributed by atoms with E-state index in [0.29, 0.717) is 5.56 Å². The van der Waals surface area contributed by atoms with Crippen molar-refractivity contribution >= 4 is 44.2 Å². The summed E-state index contributed by atoms with van der Waals surface area (Å²) in [5.41, 5.74) is 10.6. The van der Waals surface area contributed by atoms with E-state index in [9.17, 15) is 5.11 Å². The number of aliphatic imine (C=N–C) groups is 1. The van der Waals surface area contributed by atoms with Gasteiger partial charge in [0, 0.05) is 22.9 Å². The van der Waals surface area contributed by atoms with Crippen molar-refractivity contribution in [3.05, 3.63) is 138 Å². The van der Waals surface area contributed by atoms with Crippen molar-refractivity contribution in [2.45, 2.75) is 52.4 Å². The van der Waals surface area contributed by atoms with Gasteiger partial charge in [0.1, 0.15) is 10.8 Å². The SMILES string of the molecule is CC(C)(C)c1ccc(O)c(C=Nc2ccccc2-c2nc3c(-c4ccc(-c5ccccc5)c5ccccc45)cc(C(C)(C)C)cc3s2)c1. The van der Waals surface area contributed by atoms with E-state index in [4.69, 9.17) is 9.98 Å². The molecule has 7 rings (SSSR count). The molecule has 7 aromatic rings. The van der Waals surface area contributed by atoms with E-state index in [2.05, 4.69) is 126 Å². The van der Waals surface area contributed by atoms with E-state index in [1.54, 1.807) is 23.6 Å². The summed E-state index contributed by atoms with van der Waals surface area (Å²) in [6, 6.07) is 42.4. The Balaban J connectivity index is 1.39. The summed E-state index contributed by atoms with van der Waals surface area (Å²) in [5.74, 6) is 0.217. The lowest BCUT2D eigenvalue weighted by Crippen LogP contribution is -2.11. The largest absolute Gasteiger partial charge is 0.507 e. The molecule has 6 aromatic carbocycles. The van der Waals surface area contributed by atoms with E-state index in [1.807, 2.05) is 30.3 Å². The standard InChI is InChI=1S/C44H40N2OS/c1-43(2,3)30-20-23-39(47)29(24-30)27-45-38-19-13-12-18-36(38)42-46-41-37(25-31(44(4,5)6)26-40(41)48-42)35-22-21-32(28-14-8-7-9-15-28)33-16-10-11-17-34(33)35/h7-27,47H,1-6H3. The van der Waals surface area contributed by atoms with E-state index in [1.165, 1.54) is 33.0 Å². The first kappa shape index (κ1) is 31.5. The zero-order valence-corrected chi connectivity index (χ0v) is 29.2. The van der Waals surface area contributed by atoms with Gasteiger partial charge >= 0.3 is 0 Å². The summed E-state index contributed by atoms with van der Waals surface area (Å²) in [7, 11) is 0. The van der Waals surface area contributed by atoms with Gasteiger partial charge in [-0.1, -0.05) is 126 Å². The van der Waals surface area contributed by atoms with Gasteiger partial charge in [0.25, 0.3) is 0 Å². The van der Waals surface area contributed by atoms with Gasteiger partial charge in [-0.2, -0.15) is 0 Å². The molecular weight excluding hydrogens is 605 g/mol. The maximum absolute atomic E-state index is 10.6. The molecule has 0 amide bonds. The molecule has 0 saturated carbocycles. The second-order valence-electron chi connectivity index (χ2n) is 14.5. The number of para-hydroxylation sites is 1. The average molecular weight is 645 g/mol. The number of benzene rings is 6. The van der Waals surface area contributed by atoms with Gasteiger partial charge in [-0.3, -0.25) is 4.99 Å². The van der Waals surface area contributed by atoms with Crippen molar-refractivity contribution in [2.24, 2.45) is 4.99 Å². The molecule has 3 nitrogen and oxygen atoms in total. The van der Waals surface area contributed by atoms with Crippen LogP contribution in [0.15, 0.2) is 126 Å². The van der Waals surface area contributed by atoms with Crippen molar-refractivity contribution in [3.8, 4) is 38.6 Å². The lowest BCUT2D eigenvalue weighted by molar-refractivity contribution is 0.473. The molecule has 48 heavy (non-hydrogen) atoms. The summed E-state index contributed by atoms with van der Waals surface area (Å²) in [6.07, 6.45) is 1.76. The highest BCUT2D eigenvalue weighted by molar-refractivity contribution is 7.21. The first-order valence-corrected chi connectivity index (χ1v) is 17.3. The number of phenolic OH excluding ortho intramolecular Hbond substituents is 1. The molecule has 1 heterocycles. The molecule has 0 radical (unpaired) electrons. The maximum Gasteiger partial charge on any atom is 0.126 e. The Morgan fingerprint density at radius 1 is 0.604 bits per heavy atom. The molecule has 1 aromatic heterocycles. The monoisotopic (exact) mass is 644 g/mol. The minimum atomic E-state index is -0.0430. The molecule has 0 atom stereocenters. The Kier molecular flexibility index (Phi) is 8.01. The van der Waals surface area contributed by atoms with Crippen LogP contribution in [-0.2, 0) is 10.8 Å². The van der Waals surface area contributed by atoms with Gasteiger partial charge in [-0.15, -0.1) is 11.3 Å². The lowest BCUT2D eigenvalue weighted by atomic mass is 9.84. The van der Waals surface area contributed by atoms with Crippen LogP contribution in [0.3, 0.4) is 0 Å². The molecule has 0 aliphatic carbocycles. The predicted octanol–water partition coefficient (Wildman–Crippen LogP) is 12.5. The van der Waals surface area contributed by atoms with Gasteiger partial charge in [0.15, 0.2) is 0 Å². The van der Waals surface area contributed by atoms with Crippen LogP contribution in [0.4, 0.5) is 5.69 Å². The number of phenols is 1. The third kappa shape index (κ3) is 6.05. The van der Waals surface area contributed by atoms with E-state index in [0.717, 1.165) is 37.6 Å². The van der Waals surface area contributed by atoms with Crippen LogP contribution in [-0.4, -0.2) is 16.3 Å². The predicted molar refractivity (Wildman–Crippen MR) is 206 cm³/mol. The van der Waals surface area contributed by atoms with Gasteiger partial charge in [-0.25, -0.2) is 4.98 Å². The molecule has 0 fully saturated rings. The molecule has 0 aliphatic heterocycles. The molecular formula is C44H40N2OS. The lowest BCUT2D eigenvalue weighted by Gasteiger charge is -2.21. The van der Waals surface area contributed by atoms with Crippen molar-refractivity contribution in [1.82, 2.24) is 4.98 Å².